The first-order valence-corrected chi connectivity index (χ1v) is 18.1. The van der Waals surface area contributed by atoms with E-state index in [4.69, 9.17) is 56.4 Å². The molecule has 4 aromatic carbocycles. The van der Waals surface area contributed by atoms with Crippen LogP contribution in [0.4, 0.5) is 0 Å². The maximum atomic E-state index is 6.92. The number of nitrogens with one attached hydrogen (secondary N) is 2. The molecular formula is C44H26Cl4CoN4+2. The van der Waals surface area contributed by atoms with Gasteiger partial charge in [-0.05, 0) is 72.8 Å². The van der Waals surface area contributed by atoms with E-state index in [2.05, 4.69) is 34.2 Å². The minimum Gasteiger partial charge on any atom is -0.354 e. The molecule has 3 aromatic heterocycles. The number of hydrogen-bond donors (Lipinski definition) is 2. The van der Waals surface area contributed by atoms with Gasteiger partial charge in [0.2, 0.25) is 0 Å². The van der Waals surface area contributed by atoms with E-state index in [1.165, 1.54) is 0 Å². The predicted octanol–water partition coefficient (Wildman–Crippen LogP) is 13.9. The monoisotopic (exact) mass is 809 g/mol. The molecule has 0 fully saturated rings. The van der Waals surface area contributed by atoms with Crippen LogP contribution in [0.1, 0.15) is 22.8 Å². The molecule has 9 heteroatoms. The predicted molar refractivity (Wildman–Crippen MR) is 221 cm³/mol. The van der Waals surface area contributed by atoms with Crippen molar-refractivity contribution >= 4 is 92.8 Å². The van der Waals surface area contributed by atoms with Crippen LogP contribution < -0.4 is 0 Å². The number of rotatable bonds is 4. The third-order valence-corrected chi connectivity index (χ3v) is 10.6. The summed E-state index contributed by atoms with van der Waals surface area (Å²) in [6, 6.07) is 39.4. The van der Waals surface area contributed by atoms with Gasteiger partial charge in [0.05, 0.1) is 22.8 Å². The summed E-state index contributed by atoms with van der Waals surface area (Å²) in [6.07, 6.45) is 8.10. The van der Waals surface area contributed by atoms with Gasteiger partial charge in [0.25, 0.3) is 0 Å². The first kappa shape index (κ1) is 35.2. The molecule has 257 valence electrons. The molecule has 7 aromatic rings. The van der Waals surface area contributed by atoms with Crippen LogP contribution in [0.3, 0.4) is 0 Å². The molecule has 0 saturated carbocycles. The first-order valence-electron chi connectivity index (χ1n) is 16.6. The van der Waals surface area contributed by atoms with Crippen molar-refractivity contribution in [1.82, 2.24) is 19.9 Å². The van der Waals surface area contributed by atoms with Crippen molar-refractivity contribution in [1.29, 1.82) is 0 Å². The Morgan fingerprint density at radius 1 is 0.321 bits per heavy atom. The van der Waals surface area contributed by atoms with Crippen LogP contribution in [0.5, 0.6) is 0 Å². The van der Waals surface area contributed by atoms with Crippen molar-refractivity contribution in [2.24, 2.45) is 0 Å². The number of aromatic nitrogens is 4. The van der Waals surface area contributed by atoms with Gasteiger partial charge in [0.15, 0.2) is 0 Å². The van der Waals surface area contributed by atoms with Gasteiger partial charge in [0, 0.05) is 86.7 Å². The maximum Gasteiger partial charge on any atom is 2.00 e. The van der Waals surface area contributed by atoms with Crippen LogP contribution in [-0.4, -0.2) is 19.9 Å². The third-order valence-electron chi connectivity index (χ3n) is 9.33. The van der Waals surface area contributed by atoms with Gasteiger partial charge >= 0.3 is 16.8 Å². The minimum absolute atomic E-state index is 0. The zero-order valence-electron chi connectivity index (χ0n) is 27.6. The smallest absolute Gasteiger partial charge is 0.354 e. The van der Waals surface area contributed by atoms with Gasteiger partial charge in [-0.15, -0.1) is 0 Å². The largest absolute Gasteiger partial charge is 2.00 e. The number of aromatic amines is 2. The van der Waals surface area contributed by atoms with Crippen LogP contribution in [0.15, 0.2) is 121 Å². The van der Waals surface area contributed by atoms with E-state index in [1.807, 2.05) is 121 Å². The van der Waals surface area contributed by atoms with Crippen molar-refractivity contribution in [3.8, 4) is 44.5 Å². The second-order valence-corrected chi connectivity index (χ2v) is 14.1. The average molecular weight is 811 g/mol. The van der Waals surface area contributed by atoms with E-state index in [0.717, 1.165) is 89.4 Å². The topological polar surface area (TPSA) is 57.4 Å². The SMILES string of the molecule is Clc1ccccc1-c1c2nc(c(-c3ccccc3Cl)c3ccc([nH]3)c(-c3ccccc3Cl)c3nc(c(-c4ccccc4Cl)c4ccc1[nH]4)C=C3)C=C2.[Co+2]. The molecule has 53 heavy (non-hydrogen) atoms. The Hall–Kier alpha value is -4.85. The van der Waals surface area contributed by atoms with Gasteiger partial charge < -0.3 is 9.97 Å². The number of halogens is 4. The maximum absolute atomic E-state index is 6.92. The summed E-state index contributed by atoms with van der Waals surface area (Å²) >= 11 is 27.7. The minimum atomic E-state index is 0. The van der Waals surface area contributed by atoms with Crippen molar-refractivity contribution in [3.63, 3.8) is 0 Å². The molecule has 0 amide bonds. The fourth-order valence-corrected chi connectivity index (χ4v) is 7.92. The van der Waals surface area contributed by atoms with Crippen molar-refractivity contribution in [2.45, 2.75) is 0 Å². The summed E-state index contributed by atoms with van der Waals surface area (Å²) in [6.45, 7) is 0. The molecule has 5 heterocycles. The van der Waals surface area contributed by atoms with Crippen molar-refractivity contribution in [2.75, 3.05) is 0 Å². The molecular weight excluding hydrogens is 785 g/mol. The number of benzene rings is 4. The molecule has 1 radical (unpaired) electrons. The second kappa shape index (κ2) is 14.5. The summed E-state index contributed by atoms with van der Waals surface area (Å²) in [5.74, 6) is 0. The second-order valence-electron chi connectivity index (χ2n) is 12.4. The Balaban J connectivity index is 0.00000400. The van der Waals surface area contributed by atoms with Crippen LogP contribution in [0.25, 0.3) is 90.9 Å². The zero-order chi connectivity index (χ0) is 35.3. The Morgan fingerprint density at radius 3 is 0.774 bits per heavy atom. The standard InChI is InChI=1S/C44H26Cl4N4.Co/c45-29-13-5-1-9-25(29)41-33-17-19-35(49-33)42(26-10-2-6-14-30(26)46)37-21-23-39(51-37)44(28-12-4-8-16-32(28)48)40-24-22-38(52-40)43(36-20-18-34(41)50-36)27-11-3-7-15-31(27)47;/h1-24,49,52H;/q;+2. The van der Waals surface area contributed by atoms with Gasteiger partial charge in [-0.1, -0.05) is 119 Å². The van der Waals surface area contributed by atoms with E-state index in [-0.39, 0.29) is 16.8 Å². The molecule has 0 saturated heterocycles. The van der Waals surface area contributed by atoms with Crippen molar-refractivity contribution in [3.05, 3.63) is 164 Å². The summed E-state index contributed by atoms with van der Waals surface area (Å²) in [4.78, 5) is 18.0. The van der Waals surface area contributed by atoms with Gasteiger partial charge in [0.1, 0.15) is 0 Å². The van der Waals surface area contributed by atoms with Crippen LogP contribution in [0, 0.1) is 0 Å². The summed E-state index contributed by atoms with van der Waals surface area (Å²) in [5, 5.41) is 2.43. The van der Waals surface area contributed by atoms with Gasteiger partial charge in [-0.2, -0.15) is 0 Å². The molecule has 0 aliphatic carbocycles. The van der Waals surface area contributed by atoms with Crippen LogP contribution in [0.2, 0.25) is 20.1 Å². The number of hydrogen-bond acceptors (Lipinski definition) is 2. The van der Waals surface area contributed by atoms with E-state index in [1.54, 1.807) is 0 Å². The van der Waals surface area contributed by atoms with Crippen LogP contribution in [-0.2, 0) is 16.8 Å². The first-order chi connectivity index (χ1) is 25.4. The molecule has 0 atom stereocenters. The van der Waals surface area contributed by atoms with E-state index < -0.39 is 0 Å². The number of fused-ring (bicyclic) bond motifs is 8. The van der Waals surface area contributed by atoms with Gasteiger partial charge in [-0.3, -0.25) is 0 Å². The number of nitrogens with zero attached hydrogens (tertiary/aromatic N) is 2. The van der Waals surface area contributed by atoms with E-state index in [9.17, 15) is 0 Å². The summed E-state index contributed by atoms with van der Waals surface area (Å²) < 4.78 is 0. The van der Waals surface area contributed by atoms with E-state index in [0.29, 0.717) is 20.1 Å². The molecule has 9 rings (SSSR count). The molecule has 2 aliphatic heterocycles. The summed E-state index contributed by atoms with van der Waals surface area (Å²) in [5.41, 5.74) is 13.1. The molecule has 2 aliphatic rings. The third kappa shape index (κ3) is 6.34. The molecule has 4 nitrogen and oxygen atoms in total. The fourth-order valence-electron chi connectivity index (χ4n) is 6.99. The van der Waals surface area contributed by atoms with Crippen LogP contribution >= 0.6 is 46.4 Å². The summed E-state index contributed by atoms with van der Waals surface area (Å²) in [7, 11) is 0. The Labute approximate surface area is 336 Å². The fraction of sp³-hybridized carbons (Fsp3) is 0. The Bertz CT molecular complexity index is 2440. The van der Waals surface area contributed by atoms with Gasteiger partial charge in [-0.25, -0.2) is 9.97 Å². The molecule has 8 bridgehead atoms. The molecule has 0 unspecified atom stereocenters. The van der Waals surface area contributed by atoms with E-state index >= 15 is 0 Å². The normalized spacial score (nSPS) is 11.8. The number of H-pyrrole nitrogens is 2. The van der Waals surface area contributed by atoms with Crippen molar-refractivity contribution < 1.29 is 16.8 Å². The molecule has 2 N–H and O–H groups in total. The molecule has 0 spiro atoms. The average Bonchev–Trinajstić information content (AvgIpc) is 3.99. The Morgan fingerprint density at radius 2 is 0.547 bits per heavy atom. The Kier molecular flexibility index (Phi) is 9.64. The quantitative estimate of drug-likeness (QED) is 0.186. The zero-order valence-corrected chi connectivity index (χ0v) is 31.7.